The predicted octanol–water partition coefficient (Wildman–Crippen LogP) is 4.16. The zero-order chi connectivity index (χ0) is 21.0. The molecule has 150 valence electrons. The third-order valence-electron chi connectivity index (χ3n) is 4.13. The van der Waals surface area contributed by atoms with Crippen LogP contribution in [-0.2, 0) is 14.3 Å². The molecule has 0 aliphatic heterocycles. The van der Waals surface area contributed by atoms with Gasteiger partial charge in [0.25, 0.3) is 11.8 Å². The lowest BCUT2D eigenvalue weighted by atomic mass is 10.2. The SMILES string of the molecule is Cc1ccc(NC(=O)C(C)OC(=O)CNC(=O)c2sc3ccccc3c2Cl)cc1. The Balaban J connectivity index is 1.52. The van der Waals surface area contributed by atoms with Crippen molar-refractivity contribution < 1.29 is 19.1 Å². The van der Waals surface area contributed by atoms with Gasteiger partial charge in [-0.1, -0.05) is 47.5 Å². The molecule has 0 radical (unpaired) electrons. The average Bonchev–Trinajstić information content (AvgIpc) is 3.05. The van der Waals surface area contributed by atoms with Gasteiger partial charge >= 0.3 is 5.97 Å². The topological polar surface area (TPSA) is 84.5 Å². The summed E-state index contributed by atoms with van der Waals surface area (Å²) < 4.78 is 5.97. The van der Waals surface area contributed by atoms with Gasteiger partial charge in [0.1, 0.15) is 11.4 Å². The summed E-state index contributed by atoms with van der Waals surface area (Å²) in [6.45, 7) is 3.04. The van der Waals surface area contributed by atoms with Crippen molar-refractivity contribution in [1.29, 1.82) is 0 Å². The normalized spacial score (nSPS) is 11.7. The summed E-state index contributed by atoms with van der Waals surface area (Å²) in [5, 5.41) is 6.28. The van der Waals surface area contributed by atoms with Crippen molar-refractivity contribution in [3.63, 3.8) is 0 Å². The van der Waals surface area contributed by atoms with E-state index in [0.29, 0.717) is 15.6 Å². The van der Waals surface area contributed by atoms with Crippen molar-refractivity contribution >= 4 is 56.5 Å². The second-order valence-electron chi connectivity index (χ2n) is 6.41. The molecule has 0 aliphatic rings. The Bertz CT molecular complexity index is 1060. The van der Waals surface area contributed by atoms with Crippen LogP contribution in [0.1, 0.15) is 22.2 Å². The van der Waals surface area contributed by atoms with Gasteiger partial charge in [-0.3, -0.25) is 14.4 Å². The van der Waals surface area contributed by atoms with Gasteiger partial charge in [-0.25, -0.2) is 0 Å². The van der Waals surface area contributed by atoms with Crippen LogP contribution >= 0.6 is 22.9 Å². The Morgan fingerprint density at radius 2 is 1.79 bits per heavy atom. The Morgan fingerprint density at radius 3 is 2.48 bits per heavy atom. The van der Waals surface area contributed by atoms with Gasteiger partial charge in [0, 0.05) is 15.8 Å². The van der Waals surface area contributed by atoms with Gasteiger partial charge in [0.05, 0.1) is 5.02 Å². The minimum absolute atomic E-state index is 0.325. The maximum Gasteiger partial charge on any atom is 0.326 e. The number of nitrogens with one attached hydrogen (secondary N) is 2. The van der Waals surface area contributed by atoms with Crippen LogP contribution in [0.25, 0.3) is 10.1 Å². The fraction of sp³-hybridized carbons (Fsp3) is 0.190. The third kappa shape index (κ3) is 5.13. The van der Waals surface area contributed by atoms with Crippen molar-refractivity contribution in [2.75, 3.05) is 11.9 Å². The molecule has 2 N–H and O–H groups in total. The molecule has 0 saturated heterocycles. The van der Waals surface area contributed by atoms with E-state index in [0.717, 1.165) is 15.6 Å². The molecule has 8 heteroatoms. The first-order valence-corrected chi connectivity index (χ1v) is 10.1. The molecule has 2 amide bonds. The molecule has 0 aliphatic carbocycles. The van der Waals surface area contributed by atoms with Crippen LogP contribution in [-0.4, -0.2) is 30.4 Å². The number of rotatable bonds is 6. The highest BCUT2D eigenvalue weighted by Gasteiger charge is 2.20. The summed E-state index contributed by atoms with van der Waals surface area (Å²) in [6, 6.07) is 14.6. The number of carbonyl (C=O) groups is 3. The fourth-order valence-corrected chi connectivity index (χ4v) is 4.00. The zero-order valence-corrected chi connectivity index (χ0v) is 17.4. The molecule has 2 aromatic carbocycles. The highest BCUT2D eigenvalue weighted by molar-refractivity contribution is 7.21. The number of benzene rings is 2. The number of aryl methyl sites for hydroxylation is 1. The molecular formula is C21H19ClN2O4S. The summed E-state index contributed by atoms with van der Waals surface area (Å²) >= 11 is 7.50. The predicted molar refractivity (Wildman–Crippen MR) is 115 cm³/mol. The maximum absolute atomic E-state index is 12.4. The number of thiophene rings is 1. The molecule has 0 spiro atoms. The van der Waals surface area contributed by atoms with E-state index in [9.17, 15) is 14.4 Å². The van der Waals surface area contributed by atoms with Gasteiger partial charge in [0.2, 0.25) is 0 Å². The number of ether oxygens (including phenoxy) is 1. The molecule has 0 saturated carbocycles. The van der Waals surface area contributed by atoms with E-state index < -0.39 is 23.9 Å². The Hall–Kier alpha value is -2.90. The van der Waals surface area contributed by atoms with E-state index in [2.05, 4.69) is 10.6 Å². The lowest BCUT2D eigenvalue weighted by molar-refractivity contribution is -0.152. The van der Waals surface area contributed by atoms with E-state index in [4.69, 9.17) is 16.3 Å². The molecule has 0 bridgehead atoms. The van der Waals surface area contributed by atoms with Crippen molar-refractivity contribution in [3.05, 3.63) is 64.0 Å². The van der Waals surface area contributed by atoms with Crippen LogP contribution in [0.5, 0.6) is 0 Å². The zero-order valence-electron chi connectivity index (χ0n) is 15.8. The molecule has 0 fully saturated rings. The van der Waals surface area contributed by atoms with E-state index >= 15 is 0 Å². The monoisotopic (exact) mass is 430 g/mol. The minimum atomic E-state index is -1.01. The number of hydrogen-bond donors (Lipinski definition) is 2. The van der Waals surface area contributed by atoms with Crippen LogP contribution in [0.3, 0.4) is 0 Å². The van der Waals surface area contributed by atoms with E-state index in [1.54, 1.807) is 12.1 Å². The lowest BCUT2D eigenvalue weighted by Gasteiger charge is -2.14. The smallest absolute Gasteiger partial charge is 0.326 e. The molecule has 6 nitrogen and oxygen atoms in total. The minimum Gasteiger partial charge on any atom is -0.451 e. The summed E-state index contributed by atoms with van der Waals surface area (Å²) in [5.41, 5.74) is 1.67. The number of carbonyl (C=O) groups excluding carboxylic acids is 3. The number of amides is 2. The van der Waals surface area contributed by atoms with Crippen LogP contribution in [0.2, 0.25) is 5.02 Å². The van der Waals surface area contributed by atoms with E-state index in [1.165, 1.54) is 18.3 Å². The third-order valence-corrected chi connectivity index (χ3v) is 5.81. The molecule has 3 aromatic rings. The first-order valence-electron chi connectivity index (χ1n) is 8.87. The molecule has 1 heterocycles. The van der Waals surface area contributed by atoms with Crippen LogP contribution < -0.4 is 10.6 Å². The molecule has 3 rings (SSSR count). The first kappa shape index (κ1) is 20.8. The number of esters is 1. The Kier molecular flexibility index (Phi) is 6.51. The molecular weight excluding hydrogens is 412 g/mol. The fourth-order valence-electron chi connectivity index (χ4n) is 2.57. The highest BCUT2D eigenvalue weighted by atomic mass is 35.5. The van der Waals surface area contributed by atoms with Gasteiger partial charge in [-0.15, -0.1) is 11.3 Å². The van der Waals surface area contributed by atoms with Crippen LogP contribution in [0, 0.1) is 6.92 Å². The molecule has 1 unspecified atom stereocenters. The van der Waals surface area contributed by atoms with Gasteiger partial charge in [-0.05, 0) is 32.0 Å². The van der Waals surface area contributed by atoms with E-state index in [1.807, 2.05) is 43.3 Å². The van der Waals surface area contributed by atoms with Crippen molar-refractivity contribution in [2.24, 2.45) is 0 Å². The molecule has 1 aromatic heterocycles. The maximum atomic E-state index is 12.4. The molecule has 29 heavy (non-hydrogen) atoms. The van der Waals surface area contributed by atoms with Crippen molar-refractivity contribution in [1.82, 2.24) is 5.32 Å². The number of anilines is 1. The van der Waals surface area contributed by atoms with Crippen LogP contribution in [0.15, 0.2) is 48.5 Å². The van der Waals surface area contributed by atoms with Gasteiger partial charge in [-0.2, -0.15) is 0 Å². The summed E-state index contributed by atoms with van der Waals surface area (Å²) in [4.78, 5) is 36.8. The number of fused-ring (bicyclic) bond motifs is 1. The summed E-state index contributed by atoms with van der Waals surface area (Å²) in [5.74, 6) is -1.65. The van der Waals surface area contributed by atoms with Gasteiger partial charge in [0.15, 0.2) is 6.10 Å². The second kappa shape index (κ2) is 9.07. The summed E-state index contributed by atoms with van der Waals surface area (Å²) in [6.07, 6.45) is -1.01. The number of halogens is 1. The van der Waals surface area contributed by atoms with Crippen molar-refractivity contribution in [3.8, 4) is 0 Å². The number of hydrogen-bond acceptors (Lipinski definition) is 5. The largest absolute Gasteiger partial charge is 0.451 e. The standard InChI is InChI=1S/C21H19ClN2O4S/c1-12-7-9-14(10-8-12)24-20(26)13(2)28-17(25)11-23-21(27)19-18(22)15-5-3-4-6-16(15)29-19/h3-10,13H,11H2,1-2H3,(H,23,27)(H,24,26). The summed E-state index contributed by atoms with van der Waals surface area (Å²) in [7, 11) is 0. The Morgan fingerprint density at radius 1 is 1.10 bits per heavy atom. The Labute approximate surface area is 176 Å². The lowest BCUT2D eigenvalue weighted by Crippen LogP contribution is -2.35. The average molecular weight is 431 g/mol. The van der Waals surface area contributed by atoms with Crippen molar-refractivity contribution in [2.45, 2.75) is 20.0 Å². The first-order chi connectivity index (χ1) is 13.8. The highest BCUT2D eigenvalue weighted by Crippen LogP contribution is 2.34. The quantitative estimate of drug-likeness (QED) is 0.575. The van der Waals surface area contributed by atoms with E-state index in [-0.39, 0.29) is 6.54 Å². The molecule has 1 atom stereocenters. The van der Waals surface area contributed by atoms with Gasteiger partial charge < -0.3 is 15.4 Å². The second-order valence-corrected chi connectivity index (χ2v) is 7.84. The van der Waals surface area contributed by atoms with Crippen LogP contribution in [0.4, 0.5) is 5.69 Å².